The van der Waals surface area contributed by atoms with E-state index in [-0.39, 0.29) is 24.8 Å². The molecule has 2 rings (SSSR count). The third kappa shape index (κ3) is 6.54. The van der Waals surface area contributed by atoms with Gasteiger partial charge in [-0.05, 0) is 36.1 Å². The highest BCUT2D eigenvalue weighted by molar-refractivity contribution is 9.10. The van der Waals surface area contributed by atoms with E-state index in [1.165, 1.54) is 0 Å². The Morgan fingerprint density at radius 1 is 1.04 bits per heavy atom. The van der Waals surface area contributed by atoms with Gasteiger partial charge in [-0.3, -0.25) is 9.59 Å². The lowest BCUT2D eigenvalue weighted by Crippen LogP contribution is -2.37. The second-order valence-electron chi connectivity index (χ2n) is 5.69. The molecule has 0 aliphatic heterocycles. The summed E-state index contributed by atoms with van der Waals surface area (Å²) in [4.78, 5) is 23.1. The molecule has 0 saturated heterocycles. The molecule has 24 heavy (non-hydrogen) atoms. The van der Waals surface area contributed by atoms with Gasteiger partial charge < -0.3 is 10.4 Å². The number of rotatable bonds is 8. The van der Waals surface area contributed by atoms with Gasteiger partial charge in [0.15, 0.2) is 0 Å². The van der Waals surface area contributed by atoms with Crippen LogP contribution in [-0.2, 0) is 22.4 Å². The fourth-order valence-corrected chi connectivity index (χ4v) is 2.98. The van der Waals surface area contributed by atoms with Gasteiger partial charge in [-0.25, -0.2) is 0 Å². The van der Waals surface area contributed by atoms with Crippen molar-refractivity contribution in [1.29, 1.82) is 0 Å². The number of benzene rings is 2. The smallest absolute Gasteiger partial charge is 0.303 e. The van der Waals surface area contributed by atoms with Gasteiger partial charge in [-0.15, -0.1) is 0 Å². The van der Waals surface area contributed by atoms with Crippen LogP contribution in [0.25, 0.3) is 0 Å². The van der Waals surface area contributed by atoms with Crippen LogP contribution < -0.4 is 5.32 Å². The molecule has 1 unspecified atom stereocenters. The maximum atomic E-state index is 12.3. The first kappa shape index (κ1) is 18.2. The van der Waals surface area contributed by atoms with Crippen LogP contribution in [0.5, 0.6) is 0 Å². The zero-order valence-electron chi connectivity index (χ0n) is 13.2. The van der Waals surface area contributed by atoms with Gasteiger partial charge in [0.25, 0.3) is 0 Å². The van der Waals surface area contributed by atoms with Gasteiger partial charge in [0.1, 0.15) is 0 Å². The standard InChI is InChI=1S/C19H20BrNO3/c20-16-8-4-7-15(11-16)13-18(22)21-17(9-10-19(23)24)12-14-5-2-1-3-6-14/h1-8,11,17H,9-10,12-13H2,(H,21,22)(H,23,24). The summed E-state index contributed by atoms with van der Waals surface area (Å²) in [6.45, 7) is 0. The highest BCUT2D eigenvalue weighted by atomic mass is 79.9. The molecule has 0 radical (unpaired) electrons. The van der Waals surface area contributed by atoms with Gasteiger partial charge in [-0.1, -0.05) is 58.4 Å². The Morgan fingerprint density at radius 3 is 2.42 bits per heavy atom. The van der Waals surface area contributed by atoms with Crippen LogP contribution in [0.15, 0.2) is 59.1 Å². The number of aliphatic carboxylic acids is 1. The van der Waals surface area contributed by atoms with Crippen molar-refractivity contribution in [2.45, 2.75) is 31.7 Å². The van der Waals surface area contributed by atoms with E-state index in [0.717, 1.165) is 15.6 Å². The lowest BCUT2D eigenvalue weighted by atomic mass is 10.0. The maximum Gasteiger partial charge on any atom is 0.303 e. The Balaban J connectivity index is 1.98. The molecule has 0 aliphatic rings. The predicted molar refractivity (Wildman–Crippen MR) is 96.8 cm³/mol. The van der Waals surface area contributed by atoms with Crippen molar-refractivity contribution in [3.63, 3.8) is 0 Å². The van der Waals surface area contributed by atoms with Crippen molar-refractivity contribution in [2.24, 2.45) is 0 Å². The fraction of sp³-hybridized carbons (Fsp3) is 0.263. The second-order valence-corrected chi connectivity index (χ2v) is 6.61. The van der Waals surface area contributed by atoms with Crippen molar-refractivity contribution in [2.75, 3.05) is 0 Å². The van der Waals surface area contributed by atoms with E-state index in [4.69, 9.17) is 5.11 Å². The summed E-state index contributed by atoms with van der Waals surface area (Å²) in [6.07, 6.45) is 1.35. The molecule has 1 atom stereocenters. The van der Waals surface area contributed by atoms with Crippen LogP contribution in [0.1, 0.15) is 24.0 Å². The quantitative estimate of drug-likeness (QED) is 0.724. The van der Waals surface area contributed by atoms with Gasteiger partial charge in [0, 0.05) is 16.9 Å². The first-order valence-corrected chi connectivity index (χ1v) is 8.62. The molecule has 0 saturated carbocycles. The Hall–Kier alpha value is -2.14. The summed E-state index contributed by atoms with van der Waals surface area (Å²) in [5.74, 6) is -0.950. The average molecular weight is 390 g/mol. The summed E-state index contributed by atoms with van der Waals surface area (Å²) >= 11 is 3.39. The van der Waals surface area contributed by atoms with Crippen LogP contribution >= 0.6 is 15.9 Å². The van der Waals surface area contributed by atoms with Gasteiger partial charge in [0.05, 0.1) is 6.42 Å². The van der Waals surface area contributed by atoms with E-state index >= 15 is 0 Å². The highest BCUT2D eigenvalue weighted by Gasteiger charge is 2.15. The van der Waals surface area contributed by atoms with E-state index in [9.17, 15) is 9.59 Å². The lowest BCUT2D eigenvalue weighted by Gasteiger charge is -2.18. The van der Waals surface area contributed by atoms with Crippen molar-refractivity contribution in [3.8, 4) is 0 Å². The fourth-order valence-electron chi connectivity index (χ4n) is 2.53. The molecule has 0 fully saturated rings. The van der Waals surface area contributed by atoms with Crippen LogP contribution in [0.4, 0.5) is 0 Å². The molecule has 0 bridgehead atoms. The molecular formula is C19H20BrNO3. The van der Waals surface area contributed by atoms with E-state index in [1.54, 1.807) is 0 Å². The zero-order valence-corrected chi connectivity index (χ0v) is 14.8. The number of hydrogen-bond acceptors (Lipinski definition) is 2. The van der Waals surface area contributed by atoms with Crippen LogP contribution in [-0.4, -0.2) is 23.0 Å². The monoisotopic (exact) mass is 389 g/mol. The number of carboxylic acids is 1. The number of halogens is 1. The van der Waals surface area contributed by atoms with Crippen LogP contribution in [0, 0.1) is 0 Å². The summed E-state index contributed by atoms with van der Waals surface area (Å²) in [5, 5.41) is 11.9. The molecule has 5 heteroatoms. The van der Waals surface area contributed by atoms with Crippen LogP contribution in [0.3, 0.4) is 0 Å². The van der Waals surface area contributed by atoms with Crippen molar-refractivity contribution in [3.05, 3.63) is 70.2 Å². The Bertz CT molecular complexity index is 688. The third-order valence-electron chi connectivity index (χ3n) is 3.65. The minimum absolute atomic E-state index is 0.0364. The van der Waals surface area contributed by atoms with Gasteiger partial charge in [0.2, 0.25) is 5.91 Å². The number of amides is 1. The van der Waals surface area contributed by atoms with E-state index in [2.05, 4.69) is 21.2 Å². The maximum absolute atomic E-state index is 12.3. The SMILES string of the molecule is O=C(O)CCC(Cc1ccccc1)NC(=O)Cc1cccc(Br)c1. The van der Waals surface area contributed by atoms with E-state index in [1.807, 2.05) is 54.6 Å². The first-order valence-electron chi connectivity index (χ1n) is 7.82. The molecule has 1 amide bonds. The molecular weight excluding hydrogens is 370 g/mol. The summed E-state index contributed by atoms with van der Waals surface area (Å²) < 4.78 is 0.930. The molecule has 126 valence electrons. The zero-order chi connectivity index (χ0) is 17.4. The van der Waals surface area contributed by atoms with E-state index in [0.29, 0.717) is 12.8 Å². The number of hydrogen-bond donors (Lipinski definition) is 2. The summed E-state index contributed by atoms with van der Waals surface area (Å²) in [5.41, 5.74) is 1.99. The van der Waals surface area contributed by atoms with Crippen molar-refractivity contribution < 1.29 is 14.7 Å². The predicted octanol–water partition coefficient (Wildman–Crippen LogP) is 3.58. The normalized spacial score (nSPS) is 11.7. The number of nitrogens with one attached hydrogen (secondary N) is 1. The largest absolute Gasteiger partial charge is 0.481 e. The van der Waals surface area contributed by atoms with Crippen molar-refractivity contribution >= 4 is 27.8 Å². The first-order chi connectivity index (χ1) is 11.5. The summed E-state index contributed by atoms with van der Waals surface area (Å²) in [7, 11) is 0. The van der Waals surface area contributed by atoms with Crippen molar-refractivity contribution in [1.82, 2.24) is 5.32 Å². The number of carboxylic acid groups (broad SMARTS) is 1. The molecule has 0 spiro atoms. The molecule has 0 aromatic heterocycles. The Kier molecular flexibility index (Phi) is 7.00. The summed E-state index contributed by atoms with van der Waals surface area (Å²) in [6, 6.07) is 17.2. The minimum Gasteiger partial charge on any atom is -0.481 e. The molecule has 0 heterocycles. The van der Waals surface area contributed by atoms with E-state index < -0.39 is 5.97 Å². The number of carbonyl (C=O) groups is 2. The number of carbonyl (C=O) groups excluding carboxylic acids is 1. The highest BCUT2D eigenvalue weighted by Crippen LogP contribution is 2.13. The average Bonchev–Trinajstić information content (AvgIpc) is 2.53. The van der Waals surface area contributed by atoms with Gasteiger partial charge in [-0.2, -0.15) is 0 Å². The molecule has 2 aromatic rings. The Labute approximate surface area is 150 Å². The van der Waals surface area contributed by atoms with Gasteiger partial charge >= 0.3 is 5.97 Å². The Morgan fingerprint density at radius 2 is 1.75 bits per heavy atom. The minimum atomic E-state index is -0.852. The molecule has 0 aliphatic carbocycles. The molecule has 2 N–H and O–H groups in total. The topological polar surface area (TPSA) is 66.4 Å². The third-order valence-corrected chi connectivity index (χ3v) is 4.14. The van der Waals surface area contributed by atoms with Crippen LogP contribution in [0.2, 0.25) is 0 Å². The molecule has 4 nitrogen and oxygen atoms in total. The second kappa shape index (κ2) is 9.23. The lowest BCUT2D eigenvalue weighted by molar-refractivity contribution is -0.137. The molecule has 2 aromatic carbocycles.